The van der Waals surface area contributed by atoms with Crippen molar-refractivity contribution in [3.8, 4) is 11.3 Å². The highest BCUT2D eigenvalue weighted by Crippen LogP contribution is 2.34. The van der Waals surface area contributed by atoms with Crippen LogP contribution >= 0.6 is 11.8 Å². The van der Waals surface area contributed by atoms with E-state index in [-0.39, 0.29) is 11.5 Å². The molecule has 0 spiro atoms. The molecule has 1 aliphatic heterocycles. The van der Waals surface area contributed by atoms with Gasteiger partial charge in [0.2, 0.25) is 5.89 Å². The number of likely N-dealkylation sites (tertiary alicyclic amines) is 1. The van der Waals surface area contributed by atoms with Crippen molar-refractivity contribution in [2.75, 3.05) is 18.8 Å². The van der Waals surface area contributed by atoms with E-state index in [2.05, 4.69) is 19.7 Å². The Morgan fingerprint density at radius 3 is 2.58 bits per heavy atom. The Hall–Kier alpha value is -2.90. The number of thioether (sulfide) groups is 1. The topological polar surface area (TPSA) is 64.2 Å². The monoisotopic (exact) mass is 432 g/mol. The van der Waals surface area contributed by atoms with Gasteiger partial charge in [0.25, 0.3) is 5.22 Å². The number of nitrogens with zero attached hydrogens (tertiary/aromatic N) is 4. The van der Waals surface area contributed by atoms with Gasteiger partial charge in [-0.3, -0.25) is 9.69 Å². The van der Waals surface area contributed by atoms with Gasteiger partial charge in [-0.05, 0) is 37.6 Å². The molecule has 7 heteroatoms. The highest BCUT2D eigenvalue weighted by Gasteiger charge is 2.23. The Kier molecular flexibility index (Phi) is 5.61. The SMILES string of the molecule is Cn1c(-c2ccccc2)c(C(=O)CSc2nnc(CN3CCCC3)o2)c2ccccc21. The van der Waals surface area contributed by atoms with Gasteiger partial charge in [0.15, 0.2) is 5.78 Å². The molecule has 1 saturated heterocycles. The van der Waals surface area contributed by atoms with Crippen molar-refractivity contribution in [2.45, 2.75) is 24.6 Å². The second-order valence-corrected chi connectivity index (χ2v) is 8.75. The van der Waals surface area contributed by atoms with Crippen molar-refractivity contribution >= 4 is 28.4 Å². The van der Waals surface area contributed by atoms with Crippen molar-refractivity contribution in [3.05, 3.63) is 66.1 Å². The third-order valence-corrected chi connectivity index (χ3v) is 6.58. The Balaban J connectivity index is 1.39. The van der Waals surface area contributed by atoms with Crippen LogP contribution in [0.25, 0.3) is 22.2 Å². The number of carbonyl (C=O) groups is 1. The van der Waals surface area contributed by atoms with E-state index in [1.54, 1.807) is 0 Å². The summed E-state index contributed by atoms with van der Waals surface area (Å²) in [5, 5.41) is 9.70. The fraction of sp³-hybridized carbons (Fsp3) is 0.292. The maximum atomic E-state index is 13.4. The van der Waals surface area contributed by atoms with Gasteiger partial charge in [0.1, 0.15) is 0 Å². The van der Waals surface area contributed by atoms with Gasteiger partial charge < -0.3 is 8.98 Å². The number of para-hydroxylation sites is 1. The number of aryl methyl sites for hydroxylation is 1. The minimum absolute atomic E-state index is 0.0555. The van der Waals surface area contributed by atoms with Crippen LogP contribution in [0.3, 0.4) is 0 Å². The summed E-state index contributed by atoms with van der Waals surface area (Å²) in [6, 6.07) is 18.1. The van der Waals surface area contributed by atoms with E-state index in [4.69, 9.17) is 4.42 Å². The molecule has 2 aromatic heterocycles. The third-order valence-electron chi connectivity index (χ3n) is 5.77. The summed E-state index contributed by atoms with van der Waals surface area (Å²) in [5.74, 6) is 0.922. The molecule has 1 aliphatic rings. The van der Waals surface area contributed by atoms with Crippen LogP contribution in [0.1, 0.15) is 29.1 Å². The van der Waals surface area contributed by atoms with E-state index in [9.17, 15) is 4.79 Å². The molecule has 0 N–H and O–H groups in total. The zero-order valence-corrected chi connectivity index (χ0v) is 18.3. The molecule has 31 heavy (non-hydrogen) atoms. The number of fused-ring (bicyclic) bond motifs is 1. The Morgan fingerprint density at radius 1 is 1.03 bits per heavy atom. The second-order valence-electron chi connectivity index (χ2n) is 7.82. The normalized spacial score (nSPS) is 14.5. The Labute approximate surface area is 185 Å². The van der Waals surface area contributed by atoms with Crippen LogP contribution in [0.2, 0.25) is 0 Å². The number of hydrogen-bond acceptors (Lipinski definition) is 6. The molecule has 0 amide bonds. The predicted molar refractivity (Wildman–Crippen MR) is 122 cm³/mol. The van der Waals surface area contributed by atoms with Crippen LogP contribution in [0.4, 0.5) is 0 Å². The number of benzene rings is 2. The van der Waals surface area contributed by atoms with Crippen LogP contribution in [-0.4, -0.2) is 44.3 Å². The lowest BCUT2D eigenvalue weighted by Gasteiger charge is -2.10. The highest BCUT2D eigenvalue weighted by atomic mass is 32.2. The first-order valence-electron chi connectivity index (χ1n) is 10.5. The van der Waals surface area contributed by atoms with Crippen molar-refractivity contribution in [1.29, 1.82) is 0 Å². The van der Waals surface area contributed by atoms with E-state index >= 15 is 0 Å². The number of hydrogen-bond donors (Lipinski definition) is 0. The predicted octanol–water partition coefficient (Wildman–Crippen LogP) is 4.80. The molecule has 3 heterocycles. The van der Waals surface area contributed by atoms with Crippen LogP contribution in [0, 0.1) is 0 Å². The molecule has 0 atom stereocenters. The van der Waals surface area contributed by atoms with E-state index in [0.717, 1.165) is 40.8 Å². The molecule has 5 rings (SSSR count). The summed E-state index contributed by atoms with van der Waals surface area (Å²) in [7, 11) is 2.01. The first-order chi connectivity index (χ1) is 15.2. The fourth-order valence-electron chi connectivity index (χ4n) is 4.30. The average Bonchev–Trinajstić information content (AvgIpc) is 3.54. The minimum atomic E-state index is 0.0555. The molecule has 6 nitrogen and oxygen atoms in total. The van der Waals surface area contributed by atoms with E-state index in [1.807, 2.05) is 61.6 Å². The molecule has 1 fully saturated rings. The maximum absolute atomic E-state index is 13.4. The smallest absolute Gasteiger partial charge is 0.277 e. The zero-order chi connectivity index (χ0) is 21.2. The fourth-order valence-corrected chi connectivity index (χ4v) is 4.95. The van der Waals surface area contributed by atoms with Gasteiger partial charge in [0, 0.05) is 18.0 Å². The molecule has 0 aliphatic carbocycles. The number of rotatable bonds is 7. The zero-order valence-electron chi connectivity index (χ0n) is 17.5. The second kappa shape index (κ2) is 8.69. The number of Topliss-reactive ketones (excluding diaryl/α,β-unsaturated/α-hetero) is 1. The molecule has 158 valence electrons. The molecule has 4 aromatic rings. The van der Waals surface area contributed by atoms with Gasteiger partial charge >= 0.3 is 0 Å². The largest absolute Gasteiger partial charge is 0.415 e. The molecule has 2 aromatic carbocycles. The maximum Gasteiger partial charge on any atom is 0.277 e. The molecule has 0 radical (unpaired) electrons. The average molecular weight is 433 g/mol. The summed E-state index contributed by atoms with van der Waals surface area (Å²) < 4.78 is 7.88. The van der Waals surface area contributed by atoms with Gasteiger partial charge in [-0.1, -0.05) is 60.3 Å². The van der Waals surface area contributed by atoms with E-state index < -0.39 is 0 Å². The highest BCUT2D eigenvalue weighted by molar-refractivity contribution is 7.99. The van der Waals surface area contributed by atoms with Gasteiger partial charge in [0.05, 0.1) is 23.6 Å². The minimum Gasteiger partial charge on any atom is -0.415 e. The van der Waals surface area contributed by atoms with Crippen molar-refractivity contribution in [3.63, 3.8) is 0 Å². The van der Waals surface area contributed by atoms with Crippen LogP contribution < -0.4 is 0 Å². The van der Waals surface area contributed by atoms with Crippen molar-refractivity contribution in [2.24, 2.45) is 7.05 Å². The lowest BCUT2D eigenvalue weighted by atomic mass is 10.0. The molecule has 0 bridgehead atoms. The molecular formula is C24H24N4O2S. The van der Waals surface area contributed by atoms with Gasteiger partial charge in [-0.2, -0.15) is 0 Å². The lowest BCUT2D eigenvalue weighted by Crippen LogP contribution is -2.18. The summed E-state index contributed by atoms with van der Waals surface area (Å²) in [5.41, 5.74) is 3.75. The summed E-state index contributed by atoms with van der Waals surface area (Å²) in [4.78, 5) is 15.7. The lowest BCUT2D eigenvalue weighted by molar-refractivity contribution is 0.102. The molecule has 0 saturated carbocycles. The Bertz CT molecular complexity index is 1210. The van der Waals surface area contributed by atoms with Crippen molar-refractivity contribution in [1.82, 2.24) is 19.7 Å². The standard InChI is InChI=1S/C24H24N4O2S/c1-27-19-12-6-5-11-18(19)22(23(27)17-9-3-2-4-10-17)20(29)16-31-24-26-25-21(30-24)15-28-13-7-8-14-28/h2-6,9-12H,7-8,13-16H2,1H3. The number of carbonyl (C=O) groups excluding carboxylic acids is 1. The molecular weight excluding hydrogens is 408 g/mol. The van der Waals surface area contributed by atoms with Gasteiger partial charge in [-0.25, -0.2) is 0 Å². The first kappa shape index (κ1) is 20.0. The summed E-state index contributed by atoms with van der Waals surface area (Å²) in [6.07, 6.45) is 2.44. The van der Waals surface area contributed by atoms with Crippen LogP contribution in [-0.2, 0) is 13.6 Å². The summed E-state index contributed by atoms with van der Waals surface area (Å²) >= 11 is 1.31. The van der Waals surface area contributed by atoms with Crippen LogP contribution in [0.5, 0.6) is 0 Å². The molecule has 0 unspecified atom stereocenters. The van der Waals surface area contributed by atoms with E-state index in [1.165, 1.54) is 24.6 Å². The number of aromatic nitrogens is 3. The number of ketones is 1. The van der Waals surface area contributed by atoms with Gasteiger partial charge in [-0.15, -0.1) is 10.2 Å². The first-order valence-corrected chi connectivity index (χ1v) is 11.5. The quantitative estimate of drug-likeness (QED) is 0.309. The van der Waals surface area contributed by atoms with Crippen LogP contribution in [0.15, 0.2) is 64.2 Å². The summed E-state index contributed by atoms with van der Waals surface area (Å²) in [6.45, 7) is 2.84. The van der Waals surface area contributed by atoms with E-state index in [0.29, 0.717) is 17.7 Å². The van der Waals surface area contributed by atoms with Crippen molar-refractivity contribution < 1.29 is 9.21 Å². The third kappa shape index (κ3) is 4.03. The Morgan fingerprint density at radius 2 is 1.77 bits per heavy atom.